The van der Waals surface area contributed by atoms with Gasteiger partial charge in [-0.3, -0.25) is 4.99 Å². The van der Waals surface area contributed by atoms with Crippen molar-refractivity contribution in [3.05, 3.63) is 47.7 Å². The number of fused-ring (bicyclic) bond motifs is 1. The number of rotatable bonds is 7. The van der Waals surface area contributed by atoms with Gasteiger partial charge in [-0.1, -0.05) is 19.1 Å². The van der Waals surface area contributed by atoms with E-state index in [2.05, 4.69) is 27.5 Å². The Morgan fingerprint density at radius 1 is 1.19 bits per heavy atom. The van der Waals surface area contributed by atoms with Crippen LogP contribution in [0.15, 0.2) is 41.5 Å². The third-order valence-electron chi connectivity index (χ3n) is 3.86. The van der Waals surface area contributed by atoms with E-state index in [9.17, 15) is 0 Å². The molecule has 7 heteroatoms. The predicted molar refractivity (Wildman–Crippen MR) is 99.6 cm³/mol. The second kappa shape index (κ2) is 8.94. The van der Waals surface area contributed by atoms with Crippen molar-refractivity contribution in [3.63, 3.8) is 0 Å². The molecule has 2 N–H and O–H groups in total. The highest BCUT2D eigenvalue weighted by Crippen LogP contribution is 2.32. The molecule has 0 radical (unpaired) electrons. The lowest BCUT2D eigenvalue weighted by atomic mass is 10.2. The number of guanidine groups is 1. The smallest absolute Gasteiger partial charge is 0.231 e. The van der Waals surface area contributed by atoms with Crippen LogP contribution < -0.4 is 24.8 Å². The maximum atomic E-state index is 5.69. The lowest BCUT2D eigenvalue weighted by Crippen LogP contribution is -2.36. The summed E-state index contributed by atoms with van der Waals surface area (Å²) in [5.41, 5.74) is 2.08. The highest BCUT2D eigenvalue weighted by Gasteiger charge is 2.13. The molecule has 2 heterocycles. The summed E-state index contributed by atoms with van der Waals surface area (Å²) >= 11 is 0. The van der Waals surface area contributed by atoms with Gasteiger partial charge in [0.25, 0.3) is 0 Å². The van der Waals surface area contributed by atoms with Crippen molar-refractivity contribution >= 4 is 5.96 Å². The molecule has 0 saturated carbocycles. The first-order chi connectivity index (χ1) is 12.8. The fourth-order valence-electron chi connectivity index (χ4n) is 2.52. The number of hydrogen-bond donors (Lipinski definition) is 2. The average molecular weight is 356 g/mol. The van der Waals surface area contributed by atoms with Crippen LogP contribution in [0.1, 0.15) is 24.5 Å². The molecule has 1 aliphatic heterocycles. The van der Waals surface area contributed by atoms with Crippen molar-refractivity contribution < 1.29 is 14.2 Å². The Bertz CT molecular complexity index is 764. The third-order valence-corrected chi connectivity index (χ3v) is 3.86. The molecule has 0 amide bonds. The van der Waals surface area contributed by atoms with E-state index in [0.29, 0.717) is 31.5 Å². The van der Waals surface area contributed by atoms with Crippen LogP contribution in [0.25, 0.3) is 0 Å². The van der Waals surface area contributed by atoms with Gasteiger partial charge in [-0.05, 0) is 30.2 Å². The van der Waals surface area contributed by atoms with Gasteiger partial charge in [-0.15, -0.1) is 0 Å². The minimum Gasteiger partial charge on any atom is -0.477 e. The van der Waals surface area contributed by atoms with E-state index in [1.54, 1.807) is 13.2 Å². The fourth-order valence-corrected chi connectivity index (χ4v) is 2.52. The van der Waals surface area contributed by atoms with E-state index < -0.39 is 0 Å². The molecule has 0 bridgehead atoms. The number of aromatic nitrogens is 1. The first-order valence-electron chi connectivity index (χ1n) is 8.70. The largest absolute Gasteiger partial charge is 0.477 e. The monoisotopic (exact) mass is 356 g/mol. The van der Waals surface area contributed by atoms with Crippen LogP contribution in [-0.2, 0) is 13.1 Å². The first-order valence-corrected chi connectivity index (χ1v) is 8.70. The van der Waals surface area contributed by atoms with Crippen LogP contribution >= 0.6 is 0 Å². The van der Waals surface area contributed by atoms with Crippen LogP contribution in [0.4, 0.5) is 0 Å². The molecule has 26 heavy (non-hydrogen) atoms. The zero-order valence-electron chi connectivity index (χ0n) is 15.1. The Morgan fingerprint density at radius 2 is 2.04 bits per heavy atom. The second-order valence-electron chi connectivity index (χ2n) is 5.78. The predicted octanol–water partition coefficient (Wildman–Crippen LogP) is 2.46. The summed E-state index contributed by atoms with van der Waals surface area (Å²) in [6.07, 6.45) is 2.68. The topological polar surface area (TPSA) is 77.0 Å². The van der Waals surface area contributed by atoms with Gasteiger partial charge in [0.1, 0.15) is 0 Å². The molecule has 0 saturated heterocycles. The molecule has 138 valence electrons. The second-order valence-corrected chi connectivity index (χ2v) is 5.78. The zero-order valence-corrected chi connectivity index (χ0v) is 15.1. The number of hydrogen-bond acceptors (Lipinski definition) is 5. The van der Waals surface area contributed by atoms with Gasteiger partial charge in [-0.25, -0.2) is 4.98 Å². The number of aliphatic imine (C=N–C) groups is 1. The number of nitrogens with one attached hydrogen (secondary N) is 2. The standard InChI is InChI=1S/C19H24N4O3/c1-3-9-24-18-15(5-4-8-21-18)12-23-19(20-2)22-11-14-6-7-16-17(10-14)26-13-25-16/h4-8,10H,3,9,11-13H2,1-2H3,(H2,20,22,23). The summed E-state index contributed by atoms with van der Waals surface area (Å²) in [7, 11) is 1.74. The summed E-state index contributed by atoms with van der Waals surface area (Å²) in [4.78, 5) is 8.56. The molecule has 1 aromatic carbocycles. The Morgan fingerprint density at radius 3 is 2.88 bits per heavy atom. The molecule has 1 aromatic heterocycles. The zero-order chi connectivity index (χ0) is 18.2. The fraction of sp³-hybridized carbons (Fsp3) is 0.368. The van der Waals surface area contributed by atoms with Crippen LogP contribution in [0.2, 0.25) is 0 Å². The molecule has 0 atom stereocenters. The summed E-state index contributed by atoms with van der Waals surface area (Å²) < 4.78 is 16.4. The van der Waals surface area contributed by atoms with Crippen LogP contribution in [0.5, 0.6) is 17.4 Å². The molecular formula is C19H24N4O3. The van der Waals surface area contributed by atoms with Crippen molar-refractivity contribution in [3.8, 4) is 17.4 Å². The van der Waals surface area contributed by atoms with E-state index in [0.717, 1.165) is 29.0 Å². The SMILES string of the molecule is CCCOc1ncccc1CNC(=NC)NCc1ccc2c(c1)OCO2. The van der Waals surface area contributed by atoms with Gasteiger partial charge < -0.3 is 24.8 Å². The number of ether oxygens (including phenoxy) is 3. The molecule has 1 aliphatic rings. The molecule has 0 aliphatic carbocycles. The molecule has 0 unspecified atom stereocenters. The van der Waals surface area contributed by atoms with Crippen LogP contribution in [0, 0.1) is 0 Å². The van der Waals surface area contributed by atoms with Crippen molar-refractivity contribution in [2.75, 3.05) is 20.4 Å². The number of pyridine rings is 1. The van der Waals surface area contributed by atoms with Gasteiger partial charge in [0.15, 0.2) is 17.5 Å². The molecular weight excluding hydrogens is 332 g/mol. The van der Waals surface area contributed by atoms with Gasteiger partial charge in [0.2, 0.25) is 12.7 Å². The summed E-state index contributed by atoms with van der Waals surface area (Å²) in [5, 5.41) is 6.58. The minimum atomic E-state index is 0.281. The van der Waals surface area contributed by atoms with E-state index in [-0.39, 0.29) is 6.79 Å². The highest BCUT2D eigenvalue weighted by atomic mass is 16.7. The Labute approximate surface area is 153 Å². The van der Waals surface area contributed by atoms with Gasteiger partial charge >= 0.3 is 0 Å². The summed E-state index contributed by atoms with van der Waals surface area (Å²) in [5.74, 6) is 2.92. The maximum Gasteiger partial charge on any atom is 0.231 e. The highest BCUT2D eigenvalue weighted by molar-refractivity contribution is 5.79. The van der Waals surface area contributed by atoms with Gasteiger partial charge in [-0.2, -0.15) is 0 Å². The van der Waals surface area contributed by atoms with E-state index in [1.165, 1.54) is 0 Å². The maximum absolute atomic E-state index is 5.69. The number of nitrogens with zero attached hydrogens (tertiary/aromatic N) is 2. The van der Waals surface area contributed by atoms with Crippen molar-refractivity contribution in [1.82, 2.24) is 15.6 Å². The summed E-state index contributed by atoms with van der Waals surface area (Å²) in [6.45, 7) is 4.21. The molecule has 3 rings (SSSR count). The van der Waals surface area contributed by atoms with E-state index in [4.69, 9.17) is 14.2 Å². The molecule has 0 spiro atoms. The Hall–Kier alpha value is -2.96. The molecule has 0 fully saturated rings. The van der Waals surface area contributed by atoms with Crippen LogP contribution in [-0.4, -0.2) is 31.4 Å². The van der Waals surface area contributed by atoms with Crippen molar-refractivity contribution in [2.24, 2.45) is 4.99 Å². The Kier molecular flexibility index (Phi) is 6.14. The van der Waals surface area contributed by atoms with E-state index >= 15 is 0 Å². The lowest BCUT2D eigenvalue weighted by Gasteiger charge is -2.14. The van der Waals surface area contributed by atoms with Gasteiger partial charge in [0.05, 0.1) is 6.61 Å². The molecule has 7 nitrogen and oxygen atoms in total. The summed E-state index contributed by atoms with van der Waals surface area (Å²) in [6, 6.07) is 9.79. The van der Waals surface area contributed by atoms with Crippen molar-refractivity contribution in [2.45, 2.75) is 26.4 Å². The quantitative estimate of drug-likeness (QED) is 0.586. The Balaban J connectivity index is 1.54. The number of benzene rings is 1. The van der Waals surface area contributed by atoms with Crippen molar-refractivity contribution in [1.29, 1.82) is 0 Å². The minimum absolute atomic E-state index is 0.281. The average Bonchev–Trinajstić information content (AvgIpc) is 3.15. The normalized spacial score (nSPS) is 12.8. The molecule has 2 aromatic rings. The third kappa shape index (κ3) is 4.56. The first kappa shape index (κ1) is 17.8. The van der Waals surface area contributed by atoms with Gasteiger partial charge in [0, 0.05) is 31.9 Å². The van der Waals surface area contributed by atoms with E-state index in [1.807, 2.05) is 30.3 Å². The van der Waals surface area contributed by atoms with Crippen LogP contribution in [0.3, 0.4) is 0 Å². The lowest BCUT2D eigenvalue weighted by molar-refractivity contribution is 0.174.